The number of rotatable bonds is 4. The minimum Gasteiger partial charge on any atom is -0.326 e. The summed E-state index contributed by atoms with van der Waals surface area (Å²) in [6, 6.07) is 11.0. The largest absolute Gasteiger partial charge is 0.326 e. The van der Waals surface area contributed by atoms with E-state index in [4.69, 9.17) is 11.6 Å². The zero-order valence-corrected chi connectivity index (χ0v) is 13.1. The highest BCUT2D eigenvalue weighted by Gasteiger charge is 2.26. The fourth-order valence-corrected chi connectivity index (χ4v) is 2.72. The second-order valence-electron chi connectivity index (χ2n) is 5.50. The molecular weight excluding hydrogens is 314 g/mol. The maximum atomic E-state index is 12.1. The van der Waals surface area contributed by atoms with Gasteiger partial charge in [-0.15, -0.1) is 0 Å². The zero-order chi connectivity index (χ0) is 16.2. The molecular formula is C17H16ClN3O2. The van der Waals surface area contributed by atoms with Gasteiger partial charge in [0.15, 0.2) is 0 Å². The van der Waals surface area contributed by atoms with E-state index in [0.29, 0.717) is 23.7 Å². The lowest BCUT2D eigenvalue weighted by molar-refractivity contribution is -0.121. The van der Waals surface area contributed by atoms with E-state index in [9.17, 15) is 9.59 Å². The predicted molar refractivity (Wildman–Crippen MR) is 89.4 cm³/mol. The van der Waals surface area contributed by atoms with Crippen LogP contribution >= 0.6 is 11.6 Å². The Labute approximate surface area is 139 Å². The number of hydrogen-bond acceptors (Lipinski definition) is 3. The molecule has 1 aliphatic heterocycles. The number of carbonyl (C=O) groups excluding carboxylic acids is 2. The molecule has 0 fully saturated rings. The van der Waals surface area contributed by atoms with E-state index in [2.05, 4.69) is 15.6 Å². The number of halogens is 1. The molecule has 0 unspecified atom stereocenters. The molecule has 0 saturated carbocycles. The van der Waals surface area contributed by atoms with E-state index in [1.807, 2.05) is 24.3 Å². The number of fused-ring (bicyclic) bond motifs is 1. The van der Waals surface area contributed by atoms with Gasteiger partial charge in [-0.2, -0.15) is 0 Å². The van der Waals surface area contributed by atoms with Crippen molar-refractivity contribution in [3.8, 4) is 0 Å². The third kappa shape index (κ3) is 3.87. The normalized spacial score (nSPS) is 16.4. The van der Waals surface area contributed by atoms with Crippen LogP contribution in [0.4, 0.5) is 11.5 Å². The third-order valence-corrected chi connectivity index (χ3v) is 4.05. The van der Waals surface area contributed by atoms with E-state index in [1.165, 1.54) is 6.20 Å². The highest BCUT2D eigenvalue weighted by atomic mass is 35.5. The molecule has 0 radical (unpaired) electrons. The smallest absolute Gasteiger partial charge is 0.227 e. The van der Waals surface area contributed by atoms with Gasteiger partial charge in [0.25, 0.3) is 0 Å². The van der Waals surface area contributed by atoms with Crippen molar-refractivity contribution in [3.63, 3.8) is 0 Å². The SMILES string of the molecule is O=C(CC[C@H]1Cc2ccccc2NC1=O)Nc1ccc(Cl)cn1. The quantitative estimate of drug-likeness (QED) is 0.904. The summed E-state index contributed by atoms with van der Waals surface area (Å²) in [5.74, 6) is 0.0827. The molecule has 0 bridgehead atoms. The van der Waals surface area contributed by atoms with Gasteiger partial charge in [-0.25, -0.2) is 4.98 Å². The summed E-state index contributed by atoms with van der Waals surface area (Å²) in [5, 5.41) is 6.11. The number of hydrogen-bond donors (Lipinski definition) is 2. The van der Waals surface area contributed by atoms with Gasteiger partial charge in [0.1, 0.15) is 5.82 Å². The predicted octanol–water partition coefficient (Wildman–Crippen LogP) is 3.26. The number of amides is 2. The van der Waals surface area contributed by atoms with Gasteiger partial charge in [-0.1, -0.05) is 29.8 Å². The molecule has 2 N–H and O–H groups in total. The highest BCUT2D eigenvalue weighted by molar-refractivity contribution is 6.30. The van der Waals surface area contributed by atoms with Gasteiger partial charge in [0.05, 0.1) is 5.02 Å². The minimum atomic E-state index is -0.186. The Bertz CT molecular complexity index is 731. The molecule has 2 amide bonds. The monoisotopic (exact) mass is 329 g/mol. The summed E-state index contributed by atoms with van der Waals surface area (Å²) < 4.78 is 0. The average Bonchev–Trinajstić information content (AvgIpc) is 2.55. The van der Waals surface area contributed by atoms with E-state index in [-0.39, 0.29) is 24.2 Å². The summed E-state index contributed by atoms with van der Waals surface area (Å²) in [6.07, 6.45) is 2.90. The lowest BCUT2D eigenvalue weighted by atomic mass is 9.89. The van der Waals surface area contributed by atoms with Gasteiger partial charge in [0.2, 0.25) is 11.8 Å². The lowest BCUT2D eigenvalue weighted by Gasteiger charge is -2.24. The van der Waals surface area contributed by atoms with Gasteiger partial charge in [0, 0.05) is 24.2 Å². The number of nitrogens with one attached hydrogen (secondary N) is 2. The number of pyridine rings is 1. The Morgan fingerprint density at radius 3 is 2.91 bits per heavy atom. The first kappa shape index (κ1) is 15.5. The summed E-state index contributed by atoms with van der Waals surface area (Å²) in [5.41, 5.74) is 1.97. The first-order valence-corrected chi connectivity index (χ1v) is 7.80. The fraction of sp³-hybridized carbons (Fsp3) is 0.235. The molecule has 0 saturated heterocycles. The molecule has 1 atom stereocenters. The van der Waals surface area contributed by atoms with Gasteiger partial charge >= 0.3 is 0 Å². The van der Waals surface area contributed by atoms with Crippen molar-refractivity contribution in [1.82, 2.24) is 4.98 Å². The topological polar surface area (TPSA) is 71.1 Å². The highest BCUT2D eigenvalue weighted by Crippen LogP contribution is 2.27. The number of nitrogens with zero attached hydrogens (tertiary/aromatic N) is 1. The molecule has 5 nitrogen and oxygen atoms in total. The van der Waals surface area contributed by atoms with Crippen molar-refractivity contribution in [1.29, 1.82) is 0 Å². The van der Waals surface area contributed by atoms with Crippen molar-refractivity contribution in [2.75, 3.05) is 10.6 Å². The van der Waals surface area contributed by atoms with Crippen LogP contribution in [0, 0.1) is 5.92 Å². The number of para-hydroxylation sites is 1. The van der Waals surface area contributed by atoms with Gasteiger partial charge in [-0.05, 0) is 36.6 Å². The Hall–Kier alpha value is -2.40. The maximum absolute atomic E-state index is 12.1. The molecule has 118 valence electrons. The first-order chi connectivity index (χ1) is 11.1. The van der Waals surface area contributed by atoms with E-state index >= 15 is 0 Å². The van der Waals surface area contributed by atoms with Crippen LogP contribution in [0.3, 0.4) is 0 Å². The molecule has 1 aromatic carbocycles. The van der Waals surface area contributed by atoms with Crippen LogP contribution in [0.1, 0.15) is 18.4 Å². The Morgan fingerprint density at radius 1 is 1.30 bits per heavy atom. The second-order valence-corrected chi connectivity index (χ2v) is 5.93. The number of carbonyl (C=O) groups is 2. The molecule has 1 aromatic heterocycles. The van der Waals surface area contributed by atoms with Gasteiger partial charge in [-0.3, -0.25) is 9.59 Å². The molecule has 6 heteroatoms. The van der Waals surface area contributed by atoms with Crippen LogP contribution in [0.5, 0.6) is 0 Å². The van der Waals surface area contributed by atoms with Crippen LogP contribution in [-0.4, -0.2) is 16.8 Å². The van der Waals surface area contributed by atoms with Crippen molar-refractivity contribution < 1.29 is 9.59 Å². The number of anilines is 2. The Morgan fingerprint density at radius 2 is 2.13 bits per heavy atom. The minimum absolute atomic E-state index is 0.0267. The number of benzene rings is 1. The van der Waals surface area contributed by atoms with Crippen molar-refractivity contribution in [3.05, 3.63) is 53.2 Å². The average molecular weight is 330 g/mol. The van der Waals surface area contributed by atoms with Crippen molar-refractivity contribution in [2.24, 2.45) is 5.92 Å². The summed E-state index contributed by atoms with van der Waals surface area (Å²) in [6.45, 7) is 0. The fourth-order valence-electron chi connectivity index (χ4n) is 2.61. The van der Waals surface area contributed by atoms with Crippen LogP contribution in [0.15, 0.2) is 42.6 Å². The summed E-state index contributed by atoms with van der Waals surface area (Å²) >= 11 is 5.75. The molecule has 0 aliphatic carbocycles. The molecule has 2 aromatic rings. The Balaban J connectivity index is 1.55. The number of aromatic nitrogens is 1. The second kappa shape index (κ2) is 6.79. The summed E-state index contributed by atoms with van der Waals surface area (Å²) in [4.78, 5) is 28.1. The maximum Gasteiger partial charge on any atom is 0.227 e. The van der Waals surface area contributed by atoms with Crippen LogP contribution in [0.2, 0.25) is 5.02 Å². The standard InChI is InChI=1S/C17H16ClN3O2/c18-13-6-7-15(19-10-13)21-16(22)8-5-12-9-11-3-1-2-4-14(11)20-17(12)23/h1-4,6-7,10,12H,5,8-9H2,(H,20,23)(H,19,21,22)/t12-/m0/s1. The molecule has 3 rings (SSSR count). The molecule has 0 spiro atoms. The van der Waals surface area contributed by atoms with Crippen molar-refractivity contribution in [2.45, 2.75) is 19.3 Å². The van der Waals surface area contributed by atoms with E-state index in [1.54, 1.807) is 12.1 Å². The molecule has 23 heavy (non-hydrogen) atoms. The van der Waals surface area contributed by atoms with Crippen LogP contribution < -0.4 is 10.6 Å². The lowest BCUT2D eigenvalue weighted by Crippen LogP contribution is -2.30. The zero-order valence-electron chi connectivity index (χ0n) is 12.4. The summed E-state index contributed by atoms with van der Waals surface area (Å²) in [7, 11) is 0. The third-order valence-electron chi connectivity index (χ3n) is 3.83. The van der Waals surface area contributed by atoms with Crippen LogP contribution in [0.25, 0.3) is 0 Å². The van der Waals surface area contributed by atoms with E-state index in [0.717, 1.165) is 11.3 Å². The van der Waals surface area contributed by atoms with Crippen molar-refractivity contribution >= 4 is 34.9 Å². The Kier molecular flexibility index (Phi) is 4.57. The molecule has 1 aliphatic rings. The molecule has 2 heterocycles. The first-order valence-electron chi connectivity index (χ1n) is 7.42. The van der Waals surface area contributed by atoms with Gasteiger partial charge < -0.3 is 10.6 Å². The van der Waals surface area contributed by atoms with Crippen LogP contribution in [-0.2, 0) is 16.0 Å². The van der Waals surface area contributed by atoms with E-state index < -0.39 is 0 Å².